The highest BCUT2D eigenvalue weighted by Crippen LogP contribution is 2.30. The molecule has 0 N–H and O–H groups in total. The van der Waals surface area contributed by atoms with Crippen molar-refractivity contribution in [3.63, 3.8) is 0 Å². The van der Waals surface area contributed by atoms with Crippen LogP contribution in [0.4, 0.5) is 13.2 Å². The first-order valence-corrected chi connectivity index (χ1v) is 7.45. The van der Waals surface area contributed by atoms with Gasteiger partial charge in [0.05, 0.1) is 11.3 Å². The summed E-state index contributed by atoms with van der Waals surface area (Å²) < 4.78 is 37.8. The van der Waals surface area contributed by atoms with Crippen molar-refractivity contribution in [3.05, 3.63) is 65.9 Å². The second-order valence-electron chi connectivity index (χ2n) is 5.63. The van der Waals surface area contributed by atoms with Gasteiger partial charge in [-0.25, -0.2) is 0 Å². The molecule has 0 saturated heterocycles. The van der Waals surface area contributed by atoms with Gasteiger partial charge in [-0.1, -0.05) is 18.7 Å². The fourth-order valence-corrected chi connectivity index (χ4v) is 2.77. The third kappa shape index (κ3) is 3.18. The Labute approximate surface area is 137 Å². The molecule has 1 amide bonds. The first-order chi connectivity index (χ1) is 11.4. The number of pyridine rings is 1. The predicted molar refractivity (Wildman–Crippen MR) is 84.0 cm³/mol. The van der Waals surface area contributed by atoms with Gasteiger partial charge in [-0.15, -0.1) is 0 Å². The monoisotopic (exact) mass is 332 g/mol. The van der Waals surface area contributed by atoms with Gasteiger partial charge in [-0.2, -0.15) is 13.2 Å². The molecule has 3 nitrogen and oxygen atoms in total. The Morgan fingerprint density at radius 2 is 2.00 bits per heavy atom. The van der Waals surface area contributed by atoms with E-state index in [0.717, 1.165) is 35.4 Å². The van der Waals surface area contributed by atoms with Crippen LogP contribution < -0.4 is 0 Å². The Hall–Kier alpha value is -2.63. The van der Waals surface area contributed by atoms with Crippen LogP contribution in [0.25, 0.3) is 11.3 Å². The number of benzene rings is 1. The Bertz CT molecular complexity index is 782. The molecular formula is C18H15F3N2O. The zero-order valence-corrected chi connectivity index (χ0v) is 12.8. The van der Waals surface area contributed by atoms with E-state index in [-0.39, 0.29) is 5.91 Å². The number of alkyl halides is 3. The van der Waals surface area contributed by atoms with Gasteiger partial charge in [0.2, 0.25) is 5.91 Å². The van der Waals surface area contributed by atoms with Crippen molar-refractivity contribution in [2.75, 3.05) is 6.54 Å². The molecule has 1 aliphatic rings. The van der Waals surface area contributed by atoms with Crippen molar-refractivity contribution in [1.29, 1.82) is 0 Å². The van der Waals surface area contributed by atoms with E-state index in [9.17, 15) is 18.0 Å². The minimum Gasteiger partial charge on any atom is -0.335 e. The van der Waals surface area contributed by atoms with E-state index in [1.807, 2.05) is 18.2 Å². The van der Waals surface area contributed by atoms with Crippen LogP contribution in [0.2, 0.25) is 0 Å². The largest absolute Gasteiger partial charge is 0.417 e. The molecule has 1 aliphatic heterocycles. The van der Waals surface area contributed by atoms with E-state index in [4.69, 9.17) is 0 Å². The maximum absolute atomic E-state index is 12.6. The van der Waals surface area contributed by atoms with E-state index < -0.39 is 11.7 Å². The molecule has 0 atom stereocenters. The summed E-state index contributed by atoms with van der Waals surface area (Å²) in [5, 5.41) is 0. The molecule has 2 heterocycles. The average Bonchev–Trinajstić information content (AvgIpc) is 2.59. The van der Waals surface area contributed by atoms with Gasteiger partial charge in [0.15, 0.2) is 0 Å². The summed E-state index contributed by atoms with van der Waals surface area (Å²) in [6.45, 7) is 4.59. The van der Waals surface area contributed by atoms with Gasteiger partial charge in [-0.05, 0) is 41.8 Å². The zero-order chi connectivity index (χ0) is 17.3. The number of carbonyl (C=O) groups excluding carboxylic acids is 1. The smallest absolute Gasteiger partial charge is 0.335 e. The minimum absolute atomic E-state index is 0.126. The number of rotatable bonds is 2. The van der Waals surface area contributed by atoms with Crippen molar-refractivity contribution in [2.24, 2.45) is 0 Å². The molecule has 24 heavy (non-hydrogen) atoms. The number of fused-ring (bicyclic) bond motifs is 1. The highest BCUT2D eigenvalue weighted by molar-refractivity contribution is 5.87. The molecule has 0 saturated carbocycles. The van der Waals surface area contributed by atoms with Gasteiger partial charge < -0.3 is 4.90 Å². The summed E-state index contributed by atoms with van der Waals surface area (Å²) in [4.78, 5) is 17.4. The molecule has 0 spiro atoms. The summed E-state index contributed by atoms with van der Waals surface area (Å²) in [6, 6.07) is 8.06. The van der Waals surface area contributed by atoms with E-state index in [1.54, 1.807) is 4.90 Å². The minimum atomic E-state index is -4.40. The number of hydrogen-bond donors (Lipinski definition) is 0. The number of halogens is 3. The van der Waals surface area contributed by atoms with Crippen molar-refractivity contribution < 1.29 is 18.0 Å². The molecular weight excluding hydrogens is 317 g/mol. The maximum Gasteiger partial charge on any atom is 0.417 e. The van der Waals surface area contributed by atoms with Crippen LogP contribution in [0.3, 0.4) is 0 Å². The van der Waals surface area contributed by atoms with Gasteiger partial charge in [-0.3, -0.25) is 9.78 Å². The molecule has 2 aromatic rings. The van der Waals surface area contributed by atoms with Crippen LogP contribution >= 0.6 is 0 Å². The standard InChI is InChI=1S/C18H15F3N2O/c1-2-17(24)23-8-7-12-3-4-13(9-14(12)11-23)16-6-5-15(10-22-16)18(19,20)21/h2-6,9-10H,1,7-8,11H2. The van der Waals surface area contributed by atoms with E-state index in [0.29, 0.717) is 18.8 Å². The molecule has 0 bridgehead atoms. The summed E-state index contributed by atoms with van der Waals surface area (Å²) in [7, 11) is 0. The van der Waals surface area contributed by atoms with Crippen LogP contribution in [0.1, 0.15) is 16.7 Å². The van der Waals surface area contributed by atoms with E-state index in [2.05, 4.69) is 11.6 Å². The first kappa shape index (κ1) is 16.2. The zero-order valence-electron chi connectivity index (χ0n) is 12.8. The lowest BCUT2D eigenvalue weighted by Crippen LogP contribution is -2.34. The maximum atomic E-state index is 12.6. The highest BCUT2D eigenvalue weighted by atomic mass is 19.4. The molecule has 6 heteroatoms. The van der Waals surface area contributed by atoms with Crippen LogP contribution in [0, 0.1) is 0 Å². The molecule has 0 unspecified atom stereocenters. The number of nitrogens with zero attached hydrogens (tertiary/aromatic N) is 2. The van der Waals surface area contributed by atoms with Crippen LogP contribution in [0.15, 0.2) is 49.2 Å². The van der Waals surface area contributed by atoms with Crippen molar-refractivity contribution >= 4 is 5.91 Å². The summed E-state index contributed by atoms with van der Waals surface area (Å²) in [5.41, 5.74) is 2.55. The molecule has 1 aromatic heterocycles. The highest BCUT2D eigenvalue weighted by Gasteiger charge is 2.30. The number of hydrogen-bond acceptors (Lipinski definition) is 2. The Kier molecular flexibility index (Phi) is 4.13. The molecule has 3 rings (SSSR count). The third-order valence-corrected chi connectivity index (χ3v) is 4.09. The number of aromatic nitrogens is 1. The summed E-state index contributed by atoms with van der Waals surface area (Å²) in [6.07, 6.45) is -1.53. The SMILES string of the molecule is C=CC(=O)N1CCc2ccc(-c3ccc(C(F)(F)F)cn3)cc2C1. The second-order valence-corrected chi connectivity index (χ2v) is 5.63. The molecule has 0 fully saturated rings. The van der Waals surface area contributed by atoms with Gasteiger partial charge in [0.1, 0.15) is 0 Å². The van der Waals surface area contributed by atoms with Crippen molar-refractivity contribution in [1.82, 2.24) is 9.88 Å². The van der Waals surface area contributed by atoms with E-state index >= 15 is 0 Å². The fourth-order valence-electron chi connectivity index (χ4n) is 2.77. The normalized spacial score (nSPS) is 14.2. The van der Waals surface area contributed by atoms with Crippen LogP contribution in [0.5, 0.6) is 0 Å². The molecule has 0 aliphatic carbocycles. The van der Waals surface area contributed by atoms with Crippen molar-refractivity contribution in [3.8, 4) is 11.3 Å². The lowest BCUT2D eigenvalue weighted by atomic mass is 9.96. The fraction of sp³-hybridized carbons (Fsp3) is 0.222. The Morgan fingerprint density at radius 3 is 2.62 bits per heavy atom. The average molecular weight is 332 g/mol. The van der Waals surface area contributed by atoms with Gasteiger partial charge in [0, 0.05) is 24.8 Å². The van der Waals surface area contributed by atoms with Crippen molar-refractivity contribution in [2.45, 2.75) is 19.1 Å². The molecule has 124 valence electrons. The first-order valence-electron chi connectivity index (χ1n) is 7.45. The lowest BCUT2D eigenvalue weighted by molar-refractivity contribution is -0.137. The lowest BCUT2D eigenvalue weighted by Gasteiger charge is -2.28. The molecule has 0 radical (unpaired) electrons. The second kappa shape index (κ2) is 6.11. The molecule has 1 aromatic carbocycles. The Morgan fingerprint density at radius 1 is 1.21 bits per heavy atom. The number of carbonyl (C=O) groups is 1. The van der Waals surface area contributed by atoms with Crippen LogP contribution in [-0.2, 0) is 23.9 Å². The van der Waals surface area contributed by atoms with Gasteiger partial charge >= 0.3 is 6.18 Å². The Balaban J connectivity index is 1.89. The summed E-state index contributed by atoms with van der Waals surface area (Å²) >= 11 is 0. The topological polar surface area (TPSA) is 33.2 Å². The third-order valence-electron chi connectivity index (χ3n) is 4.09. The summed E-state index contributed by atoms with van der Waals surface area (Å²) in [5.74, 6) is -0.126. The van der Waals surface area contributed by atoms with E-state index in [1.165, 1.54) is 12.1 Å². The predicted octanol–water partition coefficient (Wildman–Crippen LogP) is 3.84. The number of amides is 1. The van der Waals surface area contributed by atoms with Crippen LogP contribution in [-0.4, -0.2) is 22.3 Å². The van der Waals surface area contributed by atoms with Gasteiger partial charge in [0.25, 0.3) is 0 Å². The quantitative estimate of drug-likeness (QED) is 0.783.